The van der Waals surface area contributed by atoms with Crippen molar-refractivity contribution < 1.29 is 24.5 Å². The molecule has 0 heterocycles. The fourth-order valence-corrected chi connectivity index (χ4v) is 8.40. The first-order valence-electron chi connectivity index (χ1n) is 13.6. The number of carbonyl (C=O) groups excluding carboxylic acids is 1. The van der Waals surface area contributed by atoms with E-state index in [0.717, 1.165) is 43.4 Å². The molecule has 3 fully saturated rings. The minimum atomic E-state index is -1.17. The zero-order valence-corrected chi connectivity index (χ0v) is 21.8. The molecule has 1 aromatic rings. The van der Waals surface area contributed by atoms with Crippen LogP contribution in [0.3, 0.4) is 0 Å². The molecular weight excluding hydrogens is 440 g/mol. The van der Waals surface area contributed by atoms with Crippen LogP contribution in [0.5, 0.6) is 5.75 Å². The van der Waals surface area contributed by atoms with E-state index in [-0.39, 0.29) is 16.6 Å². The van der Waals surface area contributed by atoms with Crippen LogP contribution in [-0.4, -0.2) is 34.0 Å². The number of aliphatic hydroxyl groups is 2. The van der Waals surface area contributed by atoms with Crippen LogP contribution in [0.15, 0.2) is 35.9 Å². The van der Waals surface area contributed by atoms with E-state index in [1.807, 2.05) is 31.2 Å². The van der Waals surface area contributed by atoms with Gasteiger partial charge in [-0.25, -0.2) is 0 Å². The molecule has 5 nitrogen and oxygen atoms in total. The van der Waals surface area contributed by atoms with Gasteiger partial charge in [-0.15, -0.1) is 0 Å². The Morgan fingerprint density at radius 2 is 1.74 bits per heavy atom. The fraction of sp³-hybridized carbons (Fsp3) is 0.700. The lowest BCUT2D eigenvalue weighted by Gasteiger charge is -2.59. The van der Waals surface area contributed by atoms with Gasteiger partial charge in [0.2, 0.25) is 0 Å². The average Bonchev–Trinajstić information content (AvgIpc) is 3.11. The quantitative estimate of drug-likeness (QED) is 0.409. The summed E-state index contributed by atoms with van der Waals surface area (Å²) < 4.78 is 11.6. The highest BCUT2D eigenvalue weighted by atomic mass is 16.6. The largest absolute Gasteiger partial charge is 0.494 e. The molecule has 35 heavy (non-hydrogen) atoms. The van der Waals surface area contributed by atoms with Gasteiger partial charge in [0.25, 0.3) is 0 Å². The molecule has 3 saturated carbocycles. The van der Waals surface area contributed by atoms with Crippen molar-refractivity contribution >= 4 is 5.78 Å². The van der Waals surface area contributed by atoms with Crippen molar-refractivity contribution in [1.29, 1.82) is 0 Å². The van der Waals surface area contributed by atoms with Gasteiger partial charge in [-0.3, -0.25) is 4.79 Å². The first kappa shape index (κ1) is 25.0. The summed E-state index contributed by atoms with van der Waals surface area (Å²) >= 11 is 0. The lowest BCUT2D eigenvalue weighted by atomic mass is 9.46. The Balaban J connectivity index is 1.30. The third kappa shape index (κ3) is 3.89. The lowest BCUT2D eigenvalue weighted by Crippen LogP contribution is -2.57. The van der Waals surface area contributed by atoms with Gasteiger partial charge in [0.15, 0.2) is 11.6 Å². The molecule has 3 unspecified atom stereocenters. The van der Waals surface area contributed by atoms with E-state index in [1.54, 1.807) is 6.92 Å². The zero-order chi connectivity index (χ0) is 25.1. The maximum absolute atomic E-state index is 12.5. The summed E-state index contributed by atoms with van der Waals surface area (Å²) in [5.41, 5.74) is 0.921. The van der Waals surface area contributed by atoms with Crippen LogP contribution in [0.25, 0.3) is 0 Å². The summed E-state index contributed by atoms with van der Waals surface area (Å²) in [6.07, 6.45) is 8.88. The van der Waals surface area contributed by atoms with Gasteiger partial charge in [-0.2, -0.15) is 0 Å². The molecule has 192 valence electrons. The first-order chi connectivity index (χ1) is 16.5. The molecule has 0 spiro atoms. The minimum absolute atomic E-state index is 0.0515. The minimum Gasteiger partial charge on any atom is -0.494 e. The first-order valence-corrected chi connectivity index (χ1v) is 13.6. The number of hydrogen-bond acceptors (Lipinski definition) is 5. The van der Waals surface area contributed by atoms with Gasteiger partial charge in [-0.05, 0) is 93.2 Å². The Morgan fingerprint density at radius 3 is 2.43 bits per heavy atom. The second-order valence-electron chi connectivity index (χ2n) is 12.2. The van der Waals surface area contributed by atoms with E-state index in [1.165, 1.54) is 5.57 Å². The van der Waals surface area contributed by atoms with Gasteiger partial charge in [0.1, 0.15) is 11.4 Å². The number of carbonyl (C=O) groups is 1. The lowest BCUT2D eigenvalue weighted by molar-refractivity contribution is -0.232. The number of Topliss-reactive ketones (excluding diaryl/α,β-unsaturated/α-hetero) is 1. The highest BCUT2D eigenvalue weighted by molar-refractivity contribution is 5.86. The Kier molecular flexibility index (Phi) is 6.22. The molecule has 4 aliphatic carbocycles. The van der Waals surface area contributed by atoms with Crippen LogP contribution in [0.2, 0.25) is 0 Å². The second kappa shape index (κ2) is 8.71. The van der Waals surface area contributed by atoms with Crippen molar-refractivity contribution in [3.63, 3.8) is 0 Å². The molecule has 4 aliphatic rings. The topological polar surface area (TPSA) is 76.0 Å². The number of rotatable bonds is 6. The normalized spacial score (nSPS) is 42.5. The molecule has 0 amide bonds. The molecule has 2 N–H and O–H groups in total. The SMILES string of the molecule is CCOc1ccc(CO[C@@]2(O)CC[C@@]3(C)C(=CCC4C3CC[C@@]3(C)C4CC[C@@]3(O)C(C)=O)C2)cc1. The molecule has 0 saturated heterocycles. The van der Waals surface area contributed by atoms with Crippen molar-refractivity contribution in [3.05, 3.63) is 41.5 Å². The summed E-state index contributed by atoms with van der Waals surface area (Å²) in [6.45, 7) is 9.10. The highest BCUT2D eigenvalue weighted by Gasteiger charge is 2.65. The van der Waals surface area contributed by atoms with Gasteiger partial charge in [-0.1, -0.05) is 37.6 Å². The molecule has 5 rings (SSSR count). The number of ether oxygens (including phenoxy) is 2. The molecule has 0 aromatic heterocycles. The van der Waals surface area contributed by atoms with Crippen molar-refractivity contribution in [2.45, 2.75) is 97.1 Å². The van der Waals surface area contributed by atoms with E-state index >= 15 is 0 Å². The molecule has 0 radical (unpaired) electrons. The van der Waals surface area contributed by atoms with E-state index in [4.69, 9.17) is 9.47 Å². The molecule has 1 aromatic carbocycles. The van der Waals surface area contributed by atoms with Crippen LogP contribution in [0.1, 0.15) is 84.6 Å². The van der Waals surface area contributed by atoms with Crippen molar-refractivity contribution in [3.8, 4) is 5.75 Å². The van der Waals surface area contributed by atoms with Crippen molar-refractivity contribution in [2.24, 2.45) is 28.6 Å². The van der Waals surface area contributed by atoms with Gasteiger partial charge >= 0.3 is 0 Å². The maximum atomic E-state index is 12.5. The van der Waals surface area contributed by atoms with Crippen LogP contribution >= 0.6 is 0 Å². The van der Waals surface area contributed by atoms with Gasteiger partial charge < -0.3 is 19.7 Å². The average molecular weight is 483 g/mol. The third-order valence-corrected chi connectivity index (χ3v) is 10.6. The van der Waals surface area contributed by atoms with Gasteiger partial charge in [0, 0.05) is 18.3 Å². The summed E-state index contributed by atoms with van der Waals surface area (Å²) in [5, 5.41) is 22.7. The van der Waals surface area contributed by atoms with E-state index < -0.39 is 11.4 Å². The standard InChI is InChI=1S/C30H42O5/c1-5-34-23-9-6-21(7-10-23)19-35-29(32)17-16-27(3)22(18-29)8-11-24-25(27)12-14-28(4)26(24)13-15-30(28,33)20(2)31/h6-10,24-26,32-33H,5,11-19H2,1-4H3/t24?,25?,26?,27-,28-,29-,30+/m0/s1. The van der Waals surface area contributed by atoms with Crippen molar-refractivity contribution in [2.75, 3.05) is 6.61 Å². The number of ketones is 1. The summed E-state index contributed by atoms with van der Waals surface area (Å²) in [4.78, 5) is 12.5. The van der Waals surface area contributed by atoms with E-state index in [0.29, 0.717) is 50.2 Å². The Labute approximate surface area is 209 Å². The zero-order valence-electron chi connectivity index (χ0n) is 21.8. The molecule has 0 aliphatic heterocycles. The molecule has 5 heteroatoms. The van der Waals surface area contributed by atoms with Gasteiger partial charge in [0.05, 0.1) is 13.2 Å². The van der Waals surface area contributed by atoms with Crippen molar-refractivity contribution in [1.82, 2.24) is 0 Å². The Hall–Kier alpha value is -1.69. The predicted octanol–water partition coefficient (Wildman–Crippen LogP) is 5.57. The smallest absolute Gasteiger partial charge is 0.169 e. The van der Waals surface area contributed by atoms with E-state index in [2.05, 4.69) is 19.9 Å². The monoisotopic (exact) mass is 482 g/mol. The molecular formula is C30H42O5. The third-order valence-electron chi connectivity index (χ3n) is 10.6. The number of benzene rings is 1. The van der Waals surface area contributed by atoms with E-state index in [9.17, 15) is 15.0 Å². The summed E-state index contributed by atoms with van der Waals surface area (Å²) in [5.74, 6) is 1.05. The predicted molar refractivity (Wildman–Crippen MR) is 135 cm³/mol. The van der Waals surface area contributed by atoms with Crippen LogP contribution < -0.4 is 4.74 Å². The molecule has 0 bridgehead atoms. The second-order valence-corrected chi connectivity index (χ2v) is 12.2. The number of allylic oxidation sites excluding steroid dienone is 1. The fourth-order valence-electron chi connectivity index (χ4n) is 8.40. The van der Waals surface area contributed by atoms with Crippen LogP contribution in [-0.2, 0) is 16.1 Å². The number of fused-ring (bicyclic) bond motifs is 5. The maximum Gasteiger partial charge on any atom is 0.169 e. The Morgan fingerprint density at radius 1 is 1.03 bits per heavy atom. The highest BCUT2D eigenvalue weighted by Crippen LogP contribution is 2.67. The summed E-state index contributed by atoms with van der Waals surface area (Å²) in [7, 11) is 0. The Bertz CT molecular complexity index is 1000. The molecule has 7 atom stereocenters. The van der Waals surface area contributed by atoms with Crippen LogP contribution in [0.4, 0.5) is 0 Å². The number of hydrogen-bond donors (Lipinski definition) is 2. The summed E-state index contributed by atoms with van der Waals surface area (Å²) in [6, 6.07) is 7.88. The van der Waals surface area contributed by atoms with Crippen LogP contribution in [0, 0.1) is 28.6 Å².